The number of thiazole rings is 1. The van der Waals surface area contributed by atoms with Crippen LogP contribution >= 0.6 is 11.3 Å². The number of unbranched alkanes of at least 4 members (excludes halogenated alkanes) is 1. The van der Waals surface area contributed by atoms with Crippen molar-refractivity contribution in [3.05, 3.63) is 42.7 Å². The Bertz CT molecular complexity index is 1250. The van der Waals surface area contributed by atoms with Crippen LogP contribution in [-0.4, -0.2) is 54.0 Å². The summed E-state index contributed by atoms with van der Waals surface area (Å²) in [5.74, 6) is 0.738. The van der Waals surface area contributed by atoms with Gasteiger partial charge in [-0.1, -0.05) is 13.3 Å². The number of rotatable bonds is 8. The second-order valence-electron chi connectivity index (χ2n) is 8.50. The summed E-state index contributed by atoms with van der Waals surface area (Å²) in [5, 5.41) is 3.13. The van der Waals surface area contributed by atoms with Gasteiger partial charge in [0.2, 0.25) is 0 Å². The van der Waals surface area contributed by atoms with E-state index in [0.29, 0.717) is 35.7 Å². The third kappa shape index (κ3) is 4.79. The smallest absolute Gasteiger partial charge is 0.330 e. The molecule has 0 radical (unpaired) electrons. The van der Waals surface area contributed by atoms with Crippen molar-refractivity contribution in [3.8, 4) is 0 Å². The van der Waals surface area contributed by atoms with Crippen molar-refractivity contribution in [1.29, 1.82) is 0 Å². The van der Waals surface area contributed by atoms with E-state index in [1.807, 2.05) is 18.4 Å². The number of aromatic nitrogens is 5. The molecule has 0 aromatic carbocycles. The van der Waals surface area contributed by atoms with Crippen molar-refractivity contribution >= 4 is 28.4 Å². The van der Waals surface area contributed by atoms with Gasteiger partial charge in [-0.15, -0.1) is 11.3 Å². The summed E-state index contributed by atoms with van der Waals surface area (Å²) < 4.78 is 3.50. The third-order valence-corrected chi connectivity index (χ3v) is 7.18. The van der Waals surface area contributed by atoms with Crippen LogP contribution in [0.2, 0.25) is 0 Å². The molecule has 1 fully saturated rings. The summed E-state index contributed by atoms with van der Waals surface area (Å²) in [6.07, 6.45) is 3.48. The minimum Gasteiger partial charge on any atom is -0.348 e. The standard InChI is InChI=1S/C22H31N7O3S/c1-4-6-9-29-19-17(20(30)26-22(29)32)28(5-2)16(25-19)12-27-10-7-15(8-11-27)24-21(31)18-14(3)23-13-33-18/h13,15H,4-12H2,1-3H3,(H,24,31)(H,26,30,32). The molecule has 178 valence electrons. The lowest BCUT2D eigenvalue weighted by Gasteiger charge is -2.32. The number of carbonyl (C=O) groups excluding carboxylic acids is 1. The number of nitrogens with zero attached hydrogens (tertiary/aromatic N) is 5. The van der Waals surface area contributed by atoms with Gasteiger partial charge < -0.3 is 9.88 Å². The van der Waals surface area contributed by atoms with Crippen LogP contribution in [0, 0.1) is 6.92 Å². The van der Waals surface area contributed by atoms with Gasteiger partial charge >= 0.3 is 5.69 Å². The SMILES string of the molecule is CCCCn1c(=O)[nH]c(=O)c2c1nc(CN1CCC(NC(=O)c3scnc3C)CC1)n2CC. The Morgan fingerprint density at radius 3 is 2.64 bits per heavy atom. The highest BCUT2D eigenvalue weighted by atomic mass is 32.1. The minimum atomic E-state index is -0.402. The molecule has 1 amide bonds. The number of piperidine rings is 1. The fourth-order valence-corrected chi connectivity index (χ4v) is 5.11. The van der Waals surface area contributed by atoms with Crippen molar-refractivity contribution in [2.75, 3.05) is 13.1 Å². The highest BCUT2D eigenvalue weighted by Crippen LogP contribution is 2.19. The van der Waals surface area contributed by atoms with Crippen LogP contribution in [0.4, 0.5) is 0 Å². The van der Waals surface area contributed by atoms with Crippen molar-refractivity contribution in [1.82, 2.24) is 34.3 Å². The Labute approximate surface area is 195 Å². The van der Waals surface area contributed by atoms with E-state index in [4.69, 9.17) is 4.98 Å². The molecule has 0 saturated carbocycles. The van der Waals surface area contributed by atoms with E-state index in [-0.39, 0.29) is 17.5 Å². The van der Waals surface area contributed by atoms with E-state index in [1.165, 1.54) is 11.3 Å². The molecule has 4 rings (SSSR count). The summed E-state index contributed by atoms with van der Waals surface area (Å²) >= 11 is 1.37. The summed E-state index contributed by atoms with van der Waals surface area (Å²) in [6, 6.07) is 0.127. The Morgan fingerprint density at radius 2 is 2.00 bits per heavy atom. The third-order valence-electron chi connectivity index (χ3n) is 6.26. The number of likely N-dealkylation sites (tertiary alicyclic amines) is 1. The number of nitrogens with one attached hydrogen (secondary N) is 2. The van der Waals surface area contributed by atoms with E-state index in [2.05, 4.69) is 27.1 Å². The number of carbonyl (C=O) groups is 1. The van der Waals surface area contributed by atoms with Crippen molar-refractivity contribution in [2.24, 2.45) is 0 Å². The second-order valence-corrected chi connectivity index (χ2v) is 9.35. The van der Waals surface area contributed by atoms with Gasteiger partial charge in [0.1, 0.15) is 10.7 Å². The normalized spacial score (nSPS) is 15.4. The number of fused-ring (bicyclic) bond motifs is 1. The molecule has 1 aliphatic heterocycles. The van der Waals surface area contributed by atoms with Crippen LogP contribution in [0.15, 0.2) is 15.1 Å². The lowest BCUT2D eigenvalue weighted by atomic mass is 10.0. The molecule has 1 aliphatic rings. The average molecular weight is 474 g/mol. The molecule has 0 spiro atoms. The fraction of sp³-hybridized carbons (Fsp3) is 0.591. The molecule has 4 heterocycles. The predicted molar refractivity (Wildman–Crippen MR) is 128 cm³/mol. The van der Waals surface area contributed by atoms with Crippen molar-refractivity contribution in [3.63, 3.8) is 0 Å². The molecule has 3 aromatic heterocycles. The number of amides is 1. The maximum Gasteiger partial charge on any atom is 0.330 e. The topological polar surface area (TPSA) is 118 Å². The zero-order valence-corrected chi connectivity index (χ0v) is 20.2. The average Bonchev–Trinajstić information content (AvgIpc) is 3.38. The number of H-pyrrole nitrogens is 1. The van der Waals surface area contributed by atoms with Gasteiger partial charge in [0.05, 0.1) is 17.7 Å². The van der Waals surface area contributed by atoms with Crippen LogP contribution in [0.5, 0.6) is 0 Å². The Balaban J connectivity index is 1.48. The molecular weight excluding hydrogens is 442 g/mol. The lowest BCUT2D eigenvalue weighted by molar-refractivity contribution is 0.0911. The van der Waals surface area contributed by atoms with Gasteiger partial charge in [0.15, 0.2) is 11.2 Å². The molecule has 1 saturated heterocycles. The van der Waals surface area contributed by atoms with E-state index >= 15 is 0 Å². The van der Waals surface area contributed by atoms with Gasteiger partial charge in [-0.25, -0.2) is 14.8 Å². The first-order valence-corrected chi connectivity index (χ1v) is 12.5. The molecule has 0 aliphatic carbocycles. The van der Waals surface area contributed by atoms with Crippen molar-refractivity contribution in [2.45, 2.75) is 72.1 Å². The summed E-state index contributed by atoms with van der Waals surface area (Å²) in [6.45, 7) is 9.26. The lowest BCUT2D eigenvalue weighted by Crippen LogP contribution is -2.44. The molecule has 0 unspecified atom stereocenters. The van der Waals surface area contributed by atoms with Gasteiger partial charge in [-0.3, -0.25) is 24.0 Å². The van der Waals surface area contributed by atoms with Crippen LogP contribution in [0.25, 0.3) is 11.2 Å². The van der Waals surface area contributed by atoms with E-state index < -0.39 is 5.69 Å². The molecular formula is C22H31N7O3S. The highest BCUT2D eigenvalue weighted by Gasteiger charge is 2.25. The Morgan fingerprint density at radius 1 is 1.24 bits per heavy atom. The predicted octanol–water partition coefficient (Wildman–Crippen LogP) is 1.87. The highest BCUT2D eigenvalue weighted by molar-refractivity contribution is 7.11. The molecule has 0 bridgehead atoms. The summed E-state index contributed by atoms with van der Waals surface area (Å²) in [4.78, 5) is 51.8. The van der Waals surface area contributed by atoms with E-state index in [9.17, 15) is 14.4 Å². The van der Waals surface area contributed by atoms with Gasteiger partial charge in [-0.05, 0) is 33.1 Å². The van der Waals surface area contributed by atoms with Crippen LogP contribution in [0.1, 0.15) is 60.7 Å². The first-order chi connectivity index (χ1) is 15.9. The molecule has 3 aromatic rings. The number of hydrogen-bond donors (Lipinski definition) is 2. The molecule has 10 nitrogen and oxygen atoms in total. The van der Waals surface area contributed by atoms with Crippen LogP contribution in [0.3, 0.4) is 0 Å². The molecule has 33 heavy (non-hydrogen) atoms. The molecule has 0 atom stereocenters. The zero-order valence-electron chi connectivity index (χ0n) is 19.4. The first kappa shape index (κ1) is 23.4. The monoisotopic (exact) mass is 473 g/mol. The minimum absolute atomic E-state index is 0.0505. The number of aromatic amines is 1. The maximum atomic E-state index is 12.6. The Kier molecular flexibility index (Phi) is 7.08. The first-order valence-electron chi connectivity index (χ1n) is 11.6. The quantitative estimate of drug-likeness (QED) is 0.516. The van der Waals surface area contributed by atoms with E-state index in [0.717, 1.165) is 50.3 Å². The number of imidazole rings is 1. The van der Waals surface area contributed by atoms with Gasteiger partial charge in [0.25, 0.3) is 11.5 Å². The van der Waals surface area contributed by atoms with E-state index in [1.54, 1.807) is 10.1 Å². The molecule has 2 N–H and O–H groups in total. The molecule has 11 heteroatoms. The van der Waals surface area contributed by atoms with Gasteiger partial charge in [-0.2, -0.15) is 0 Å². The number of hydrogen-bond acceptors (Lipinski definition) is 7. The maximum absolute atomic E-state index is 12.6. The second kappa shape index (κ2) is 10.0. The van der Waals surface area contributed by atoms with Crippen LogP contribution < -0.4 is 16.6 Å². The largest absolute Gasteiger partial charge is 0.348 e. The Hall–Kier alpha value is -2.79. The van der Waals surface area contributed by atoms with Crippen molar-refractivity contribution < 1.29 is 4.79 Å². The summed E-state index contributed by atoms with van der Waals surface area (Å²) in [5.41, 5.74) is 2.60. The number of aryl methyl sites for hydroxylation is 3. The van der Waals surface area contributed by atoms with Crippen LogP contribution in [-0.2, 0) is 19.6 Å². The summed E-state index contributed by atoms with van der Waals surface area (Å²) in [7, 11) is 0. The zero-order chi connectivity index (χ0) is 23.5. The fourth-order valence-electron chi connectivity index (χ4n) is 4.41. The van der Waals surface area contributed by atoms with Gasteiger partial charge in [0, 0.05) is 32.2 Å².